The van der Waals surface area contributed by atoms with Gasteiger partial charge in [-0.05, 0) is 60.7 Å². The Bertz CT molecular complexity index is 2270. The molecule has 14 heteroatoms. The zero-order valence-corrected chi connectivity index (χ0v) is 30.9. The quantitative estimate of drug-likeness (QED) is 0.117. The van der Waals surface area contributed by atoms with Gasteiger partial charge in [-0.2, -0.15) is 0 Å². The summed E-state index contributed by atoms with van der Waals surface area (Å²) < 4.78 is 0. The molecule has 284 valence electrons. The van der Waals surface area contributed by atoms with Crippen LogP contribution in [0.2, 0.25) is 0 Å². The number of anilines is 6. The molecular weight excluding hydrogens is 705 g/mol. The molecule has 0 aliphatic carbocycles. The van der Waals surface area contributed by atoms with Gasteiger partial charge in [0, 0.05) is 87.3 Å². The Labute approximate surface area is 325 Å². The maximum atomic E-state index is 12.8. The molecule has 0 bridgehead atoms. The van der Waals surface area contributed by atoms with Gasteiger partial charge in [0.15, 0.2) is 0 Å². The number of carbonyl (C=O) groups excluding carboxylic acids is 2. The Morgan fingerprint density at radius 3 is 1.54 bits per heavy atom. The van der Waals surface area contributed by atoms with Crippen molar-refractivity contribution in [2.45, 2.75) is 0 Å². The lowest BCUT2D eigenvalue weighted by atomic mass is 10.1. The number of piperazine rings is 2. The van der Waals surface area contributed by atoms with Crippen LogP contribution in [0.15, 0.2) is 122 Å². The van der Waals surface area contributed by atoms with Crippen LogP contribution in [0.4, 0.5) is 34.1 Å². The molecule has 8 N–H and O–H groups in total. The normalized spacial score (nSPS) is 13.9. The van der Waals surface area contributed by atoms with Crippen molar-refractivity contribution in [3.05, 3.63) is 133 Å². The van der Waals surface area contributed by atoms with E-state index in [2.05, 4.69) is 51.0 Å². The van der Waals surface area contributed by atoms with Gasteiger partial charge in [0.25, 0.3) is 11.8 Å². The number of pyridine rings is 4. The molecule has 8 rings (SSSR count). The van der Waals surface area contributed by atoms with Crippen molar-refractivity contribution in [1.29, 1.82) is 0 Å². The number of hydrogen-bond acceptors (Lipinski definition) is 12. The molecule has 0 atom stereocenters. The van der Waals surface area contributed by atoms with E-state index in [1.165, 1.54) is 0 Å². The highest BCUT2D eigenvalue weighted by Gasteiger charge is 2.19. The number of amides is 2. The number of nitrogens with two attached hydrogens (primary N) is 2. The average molecular weight is 749 g/mol. The van der Waals surface area contributed by atoms with E-state index in [1.54, 1.807) is 36.9 Å². The van der Waals surface area contributed by atoms with Crippen LogP contribution in [0.1, 0.15) is 21.0 Å². The number of nitrogens with one attached hydrogen (secondary N) is 4. The van der Waals surface area contributed by atoms with Gasteiger partial charge in [-0.25, -0.2) is 9.97 Å². The topological polar surface area (TPSA) is 192 Å². The summed E-state index contributed by atoms with van der Waals surface area (Å²) in [5.74, 6) is -0.531. The number of nitrogen functional groups attached to an aromatic ring is 2. The number of nitrogens with zero attached hydrogens (tertiary/aromatic N) is 6. The maximum absolute atomic E-state index is 12.8. The molecular formula is C42H44N12O2. The minimum Gasteiger partial charge on any atom is -0.399 e. The second-order valence-electron chi connectivity index (χ2n) is 13.2. The smallest absolute Gasteiger partial charge is 0.274 e. The first-order chi connectivity index (χ1) is 27.4. The van der Waals surface area contributed by atoms with E-state index in [0.717, 1.165) is 80.6 Å². The molecule has 2 amide bonds. The zero-order valence-electron chi connectivity index (χ0n) is 30.9. The molecule has 0 saturated carbocycles. The average Bonchev–Trinajstić information content (AvgIpc) is 3.25. The molecule has 2 aliphatic heterocycles. The Morgan fingerprint density at radius 1 is 0.554 bits per heavy atom. The van der Waals surface area contributed by atoms with Crippen LogP contribution in [0.5, 0.6) is 0 Å². The molecule has 0 radical (unpaired) electrons. The standard InChI is InChI=1S/2C21H22N6O/c22-16-4-1-3-15(13-16)17-5-2-6-18(25-17)21(28)26-19-14-24-8-7-20(19)27-11-9-23-10-12-27;22-16-6-4-15(5-7-16)17-2-1-3-18(25-17)21(28)26-19-14-24-9-8-20(19)27-12-10-23-11-13-27/h1-8,13-14,23H,9-12,22H2,(H,26,28);1-9,14,23H,10-13,22H2,(H,26,28). The van der Waals surface area contributed by atoms with Crippen molar-refractivity contribution in [3.63, 3.8) is 0 Å². The van der Waals surface area contributed by atoms with E-state index in [-0.39, 0.29) is 11.8 Å². The van der Waals surface area contributed by atoms with Crippen molar-refractivity contribution in [2.75, 3.05) is 84.3 Å². The third-order valence-corrected chi connectivity index (χ3v) is 9.36. The fourth-order valence-electron chi connectivity index (χ4n) is 6.50. The molecule has 4 aromatic heterocycles. The fourth-order valence-corrected chi connectivity index (χ4v) is 6.50. The molecule has 14 nitrogen and oxygen atoms in total. The number of rotatable bonds is 8. The highest BCUT2D eigenvalue weighted by Crippen LogP contribution is 2.27. The van der Waals surface area contributed by atoms with Crippen molar-refractivity contribution >= 4 is 45.9 Å². The van der Waals surface area contributed by atoms with Crippen LogP contribution in [0, 0.1) is 0 Å². The van der Waals surface area contributed by atoms with Gasteiger partial charge >= 0.3 is 0 Å². The molecule has 2 aromatic carbocycles. The summed E-state index contributed by atoms with van der Waals surface area (Å²) in [6, 6.07) is 29.5. The van der Waals surface area contributed by atoms with Crippen molar-refractivity contribution in [1.82, 2.24) is 30.6 Å². The van der Waals surface area contributed by atoms with E-state index in [1.807, 2.05) is 84.9 Å². The summed E-state index contributed by atoms with van der Waals surface area (Å²) >= 11 is 0. The first kappa shape index (κ1) is 37.4. The number of aromatic nitrogens is 4. The molecule has 2 fully saturated rings. The SMILES string of the molecule is Nc1ccc(-c2cccc(C(=O)Nc3cnccc3N3CCNCC3)n2)cc1.Nc1cccc(-c2cccc(C(=O)Nc3cnccc3N3CCNCC3)n2)c1. The molecule has 0 unspecified atom stereocenters. The highest BCUT2D eigenvalue weighted by molar-refractivity contribution is 6.05. The van der Waals surface area contributed by atoms with Gasteiger partial charge in [-0.3, -0.25) is 19.6 Å². The molecule has 0 spiro atoms. The van der Waals surface area contributed by atoms with Gasteiger partial charge in [-0.15, -0.1) is 0 Å². The monoisotopic (exact) mass is 748 g/mol. The molecule has 6 heterocycles. The van der Waals surface area contributed by atoms with Crippen molar-refractivity contribution in [2.24, 2.45) is 0 Å². The van der Waals surface area contributed by atoms with Crippen LogP contribution in [0.25, 0.3) is 22.5 Å². The second kappa shape index (κ2) is 18.0. The largest absolute Gasteiger partial charge is 0.399 e. The summed E-state index contributed by atoms with van der Waals surface area (Å²) in [4.78, 5) is 47.5. The number of benzene rings is 2. The summed E-state index contributed by atoms with van der Waals surface area (Å²) in [5, 5.41) is 12.6. The first-order valence-electron chi connectivity index (χ1n) is 18.5. The van der Waals surface area contributed by atoms with E-state index in [0.29, 0.717) is 39.8 Å². The van der Waals surface area contributed by atoms with Crippen LogP contribution in [-0.2, 0) is 0 Å². The predicted molar refractivity (Wildman–Crippen MR) is 223 cm³/mol. The summed E-state index contributed by atoms with van der Waals surface area (Å²) in [5.41, 5.74) is 20.2. The zero-order chi connectivity index (χ0) is 38.7. The number of carbonyl (C=O) groups is 2. The molecule has 2 aliphatic rings. The van der Waals surface area contributed by atoms with Gasteiger partial charge in [-0.1, -0.05) is 36.4 Å². The Morgan fingerprint density at radius 2 is 1.04 bits per heavy atom. The highest BCUT2D eigenvalue weighted by atomic mass is 16.2. The number of hydrogen-bond donors (Lipinski definition) is 6. The van der Waals surface area contributed by atoms with Crippen LogP contribution in [0.3, 0.4) is 0 Å². The van der Waals surface area contributed by atoms with Crippen LogP contribution >= 0.6 is 0 Å². The van der Waals surface area contributed by atoms with Crippen LogP contribution in [-0.4, -0.2) is 84.1 Å². The lowest BCUT2D eigenvalue weighted by molar-refractivity contribution is 0.101. The van der Waals surface area contributed by atoms with Gasteiger partial charge < -0.3 is 42.5 Å². The Kier molecular flexibility index (Phi) is 12.0. The lowest BCUT2D eigenvalue weighted by Crippen LogP contribution is -2.43. The lowest BCUT2D eigenvalue weighted by Gasteiger charge is -2.30. The molecule has 2 saturated heterocycles. The van der Waals surface area contributed by atoms with E-state index < -0.39 is 0 Å². The van der Waals surface area contributed by atoms with Gasteiger partial charge in [0.2, 0.25) is 0 Å². The van der Waals surface area contributed by atoms with Gasteiger partial charge in [0.1, 0.15) is 11.4 Å². The maximum Gasteiger partial charge on any atom is 0.274 e. The van der Waals surface area contributed by atoms with Gasteiger partial charge in [0.05, 0.1) is 46.5 Å². The summed E-state index contributed by atoms with van der Waals surface area (Å²) in [6.45, 7) is 7.21. The van der Waals surface area contributed by atoms with Crippen molar-refractivity contribution < 1.29 is 9.59 Å². The first-order valence-corrected chi connectivity index (χ1v) is 18.5. The Hall–Kier alpha value is -6.90. The van der Waals surface area contributed by atoms with Crippen molar-refractivity contribution in [3.8, 4) is 22.5 Å². The minimum atomic E-state index is -0.268. The molecule has 56 heavy (non-hydrogen) atoms. The minimum absolute atomic E-state index is 0.262. The van der Waals surface area contributed by atoms with E-state index in [4.69, 9.17) is 11.5 Å². The Balaban J connectivity index is 0.000000172. The summed E-state index contributed by atoms with van der Waals surface area (Å²) in [6.07, 6.45) is 6.84. The van der Waals surface area contributed by atoms with Crippen LogP contribution < -0.4 is 42.5 Å². The third-order valence-electron chi connectivity index (χ3n) is 9.36. The third kappa shape index (κ3) is 9.42. The molecule has 6 aromatic rings. The van der Waals surface area contributed by atoms with E-state index >= 15 is 0 Å². The van der Waals surface area contributed by atoms with E-state index in [9.17, 15) is 9.59 Å². The second-order valence-corrected chi connectivity index (χ2v) is 13.2. The summed E-state index contributed by atoms with van der Waals surface area (Å²) in [7, 11) is 0. The predicted octanol–water partition coefficient (Wildman–Crippen LogP) is 4.78. The fraction of sp³-hybridized carbons (Fsp3) is 0.190.